The van der Waals surface area contributed by atoms with Gasteiger partial charge in [-0.1, -0.05) is 6.08 Å². The molecule has 0 unspecified atom stereocenters. The minimum atomic E-state index is 0.388. The second-order valence-electron chi connectivity index (χ2n) is 5.28. The lowest BCUT2D eigenvalue weighted by Crippen LogP contribution is -2.16. The molecule has 0 amide bonds. The van der Waals surface area contributed by atoms with Gasteiger partial charge in [0, 0.05) is 12.1 Å². The number of hydrogen-bond donors (Lipinski definition) is 1. The Morgan fingerprint density at radius 3 is 2.94 bits per heavy atom. The van der Waals surface area contributed by atoms with E-state index in [1.807, 2.05) is 6.20 Å². The molecule has 1 heterocycles. The molecule has 1 N–H and O–H groups in total. The van der Waals surface area contributed by atoms with Crippen molar-refractivity contribution in [3.63, 3.8) is 0 Å². The Bertz CT molecular complexity index is 430. The van der Waals surface area contributed by atoms with Crippen molar-refractivity contribution in [3.05, 3.63) is 22.4 Å². The van der Waals surface area contributed by atoms with E-state index in [1.165, 1.54) is 24.1 Å². The highest BCUT2D eigenvalue weighted by atomic mass is 79.9. The molecule has 18 heavy (non-hydrogen) atoms. The van der Waals surface area contributed by atoms with Crippen molar-refractivity contribution in [2.75, 3.05) is 6.54 Å². The molecule has 1 aliphatic carbocycles. The van der Waals surface area contributed by atoms with Gasteiger partial charge in [-0.25, -0.2) is 0 Å². The molecule has 0 spiro atoms. The zero-order valence-corrected chi connectivity index (χ0v) is 13.0. The number of allylic oxidation sites excluding steroid dienone is 1. The first-order valence-electron chi connectivity index (χ1n) is 6.73. The maximum absolute atomic E-state index is 4.42. The average molecular weight is 312 g/mol. The van der Waals surface area contributed by atoms with Gasteiger partial charge in [-0.3, -0.25) is 4.68 Å². The molecule has 0 atom stereocenters. The van der Waals surface area contributed by atoms with Gasteiger partial charge in [0.05, 0.1) is 16.4 Å². The van der Waals surface area contributed by atoms with Crippen LogP contribution in [0.2, 0.25) is 0 Å². The van der Waals surface area contributed by atoms with Gasteiger partial charge in [0.25, 0.3) is 0 Å². The van der Waals surface area contributed by atoms with E-state index in [1.54, 1.807) is 0 Å². The van der Waals surface area contributed by atoms with Crippen LogP contribution in [0.25, 0.3) is 5.57 Å². The monoisotopic (exact) mass is 311 g/mol. The Balaban J connectivity index is 1.99. The normalized spacial score (nSPS) is 16.6. The first-order chi connectivity index (χ1) is 8.59. The third kappa shape index (κ3) is 3.45. The number of nitrogens with zero attached hydrogens (tertiary/aromatic N) is 2. The van der Waals surface area contributed by atoms with Crippen LogP contribution in [0.5, 0.6) is 0 Å². The summed E-state index contributed by atoms with van der Waals surface area (Å²) in [6.45, 7) is 7.56. The van der Waals surface area contributed by atoms with Crippen LogP contribution in [0.3, 0.4) is 0 Å². The molecule has 100 valence electrons. The summed E-state index contributed by atoms with van der Waals surface area (Å²) in [6.07, 6.45) is 7.98. The first kappa shape index (κ1) is 13.8. The van der Waals surface area contributed by atoms with Crippen molar-refractivity contribution in [3.8, 4) is 0 Å². The maximum Gasteiger partial charge on any atom is 0.0781 e. The first-order valence-corrected chi connectivity index (χ1v) is 7.52. The third-order valence-electron chi connectivity index (χ3n) is 3.22. The Labute approximate surface area is 118 Å². The fourth-order valence-electron chi connectivity index (χ4n) is 2.06. The van der Waals surface area contributed by atoms with Crippen LogP contribution in [-0.4, -0.2) is 22.4 Å². The van der Waals surface area contributed by atoms with E-state index >= 15 is 0 Å². The van der Waals surface area contributed by atoms with Gasteiger partial charge in [0.2, 0.25) is 0 Å². The minimum Gasteiger partial charge on any atom is -0.314 e. The van der Waals surface area contributed by atoms with E-state index in [2.05, 4.69) is 57.9 Å². The van der Waals surface area contributed by atoms with Crippen molar-refractivity contribution in [2.24, 2.45) is 0 Å². The Morgan fingerprint density at radius 1 is 1.61 bits per heavy atom. The molecular formula is C14H22BrN3. The molecule has 0 aromatic carbocycles. The summed E-state index contributed by atoms with van der Waals surface area (Å²) in [5.74, 6) is 0. The van der Waals surface area contributed by atoms with E-state index in [0.29, 0.717) is 6.04 Å². The highest BCUT2D eigenvalue weighted by Gasteiger charge is 2.19. The molecule has 0 radical (unpaired) electrons. The van der Waals surface area contributed by atoms with Crippen LogP contribution >= 0.6 is 15.9 Å². The average Bonchev–Trinajstić information content (AvgIpc) is 3.05. The zero-order chi connectivity index (χ0) is 13.1. The molecule has 0 bridgehead atoms. The molecular weight excluding hydrogens is 290 g/mol. The fraction of sp³-hybridized carbons (Fsp3) is 0.643. The lowest BCUT2D eigenvalue weighted by atomic mass is 10.1. The molecule has 3 nitrogen and oxygen atoms in total. The van der Waals surface area contributed by atoms with Gasteiger partial charge in [-0.2, -0.15) is 5.10 Å². The van der Waals surface area contributed by atoms with E-state index in [-0.39, 0.29) is 0 Å². The fourth-order valence-corrected chi connectivity index (χ4v) is 2.65. The van der Waals surface area contributed by atoms with E-state index in [4.69, 9.17) is 0 Å². The molecule has 0 aliphatic heterocycles. The van der Waals surface area contributed by atoms with Gasteiger partial charge in [0.1, 0.15) is 0 Å². The summed E-state index contributed by atoms with van der Waals surface area (Å²) in [5, 5.41) is 7.95. The minimum absolute atomic E-state index is 0.388. The largest absolute Gasteiger partial charge is 0.314 e. The standard InChI is InChI=1S/C14H22BrN3/c1-10(2)18-14(13(15)9-17-18)11(3)5-4-8-16-12-6-7-12/h5,9-10,12,16H,4,6-8H2,1-3H3. The smallest absolute Gasteiger partial charge is 0.0781 e. The predicted molar refractivity (Wildman–Crippen MR) is 79.6 cm³/mol. The van der Waals surface area contributed by atoms with Gasteiger partial charge in [0.15, 0.2) is 0 Å². The summed E-state index contributed by atoms with van der Waals surface area (Å²) in [6, 6.07) is 1.19. The Kier molecular flexibility index (Phi) is 4.62. The summed E-state index contributed by atoms with van der Waals surface area (Å²) in [7, 11) is 0. The van der Waals surface area contributed by atoms with E-state index in [9.17, 15) is 0 Å². The van der Waals surface area contributed by atoms with Crippen molar-refractivity contribution < 1.29 is 0 Å². The van der Waals surface area contributed by atoms with Crippen LogP contribution < -0.4 is 5.32 Å². The van der Waals surface area contributed by atoms with Gasteiger partial charge >= 0.3 is 0 Å². The van der Waals surface area contributed by atoms with Gasteiger partial charge < -0.3 is 5.32 Å². The number of halogens is 1. The van der Waals surface area contributed by atoms with Crippen LogP contribution in [0, 0.1) is 0 Å². The number of aromatic nitrogens is 2. The molecule has 1 aliphatic rings. The zero-order valence-electron chi connectivity index (χ0n) is 11.4. The summed E-state index contributed by atoms with van der Waals surface area (Å²) in [4.78, 5) is 0. The van der Waals surface area contributed by atoms with Crippen molar-refractivity contribution in [2.45, 2.75) is 52.1 Å². The summed E-state index contributed by atoms with van der Waals surface area (Å²) in [5.41, 5.74) is 2.50. The topological polar surface area (TPSA) is 29.9 Å². The summed E-state index contributed by atoms with van der Waals surface area (Å²) < 4.78 is 3.16. The number of hydrogen-bond acceptors (Lipinski definition) is 2. The molecule has 1 aromatic heterocycles. The second kappa shape index (κ2) is 6.02. The highest BCUT2D eigenvalue weighted by molar-refractivity contribution is 9.10. The van der Waals surface area contributed by atoms with Crippen LogP contribution in [0.1, 0.15) is 51.8 Å². The number of rotatable bonds is 6. The molecule has 2 rings (SSSR count). The van der Waals surface area contributed by atoms with Gasteiger partial charge in [-0.15, -0.1) is 0 Å². The molecule has 0 saturated heterocycles. The van der Waals surface area contributed by atoms with Crippen LogP contribution in [0.4, 0.5) is 0 Å². The van der Waals surface area contributed by atoms with Crippen molar-refractivity contribution >= 4 is 21.5 Å². The van der Waals surface area contributed by atoms with Crippen molar-refractivity contribution in [1.29, 1.82) is 0 Å². The Morgan fingerprint density at radius 2 is 2.33 bits per heavy atom. The second-order valence-corrected chi connectivity index (χ2v) is 6.14. The SMILES string of the molecule is CC(=CCCNC1CC1)c1c(Br)cnn1C(C)C. The van der Waals surface area contributed by atoms with E-state index < -0.39 is 0 Å². The molecule has 1 saturated carbocycles. The van der Waals surface area contributed by atoms with Crippen LogP contribution in [-0.2, 0) is 0 Å². The van der Waals surface area contributed by atoms with Crippen molar-refractivity contribution in [1.82, 2.24) is 15.1 Å². The lowest BCUT2D eigenvalue weighted by Gasteiger charge is -2.12. The lowest BCUT2D eigenvalue weighted by molar-refractivity contribution is 0.526. The highest BCUT2D eigenvalue weighted by Crippen LogP contribution is 2.26. The quantitative estimate of drug-likeness (QED) is 0.810. The van der Waals surface area contributed by atoms with Crippen LogP contribution in [0.15, 0.2) is 16.7 Å². The maximum atomic E-state index is 4.42. The van der Waals surface area contributed by atoms with E-state index in [0.717, 1.165) is 23.5 Å². The number of nitrogens with one attached hydrogen (secondary N) is 1. The molecule has 1 aromatic rings. The Hall–Kier alpha value is -0.610. The summed E-state index contributed by atoms with van der Waals surface area (Å²) >= 11 is 3.59. The molecule has 4 heteroatoms. The van der Waals surface area contributed by atoms with Gasteiger partial charge in [-0.05, 0) is 68.1 Å². The predicted octanol–water partition coefficient (Wildman–Crippen LogP) is 3.77. The third-order valence-corrected chi connectivity index (χ3v) is 3.80. The molecule has 1 fully saturated rings.